The van der Waals surface area contributed by atoms with Crippen LogP contribution in [0.2, 0.25) is 0 Å². The topological polar surface area (TPSA) is 70.4 Å². The molecule has 0 spiro atoms. The number of hydrogen-bond donors (Lipinski definition) is 3. The average molecular weight is 304 g/mol. The summed E-state index contributed by atoms with van der Waals surface area (Å²) in [4.78, 5) is 13.9. The summed E-state index contributed by atoms with van der Waals surface area (Å²) in [6.07, 6.45) is -4.59. The first kappa shape index (κ1) is 17.3. The highest BCUT2D eigenvalue weighted by atomic mass is 19.4. The SMILES string of the molecule is CC(CNC(=O)c1cccc(C(F)(F)F)c1NN)N(C)C. The number of hydrazine groups is 1. The maximum atomic E-state index is 12.9. The minimum atomic E-state index is -4.59. The Morgan fingerprint density at radius 2 is 2.00 bits per heavy atom. The molecule has 0 aliphatic rings. The Kier molecular flexibility index (Phi) is 5.56. The lowest BCUT2D eigenvalue weighted by atomic mass is 10.1. The van der Waals surface area contributed by atoms with Crippen LogP contribution in [0.3, 0.4) is 0 Å². The van der Waals surface area contributed by atoms with Gasteiger partial charge >= 0.3 is 6.18 Å². The van der Waals surface area contributed by atoms with Gasteiger partial charge in [-0.2, -0.15) is 13.2 Å². The molecular weight excluding hydrogens is 285 g/mol. The highest BCUT2D eigenvalue weighted by molar-refractivity contribution is 6.00. The molecule has 0 fully saturated rings. The lowest BCUT2D eigenvalue weighted by Gasteiger charge is -2.21. The van der Waals surface area contributed by atoms with Crippen molar-refractivity contribution in [2.75, 3.05) is 26.1 Å². The van der Waals surface area contributed by atoms with E-state index in [1.807, 2.05) is 31.3 Å². The van der Waals surface area contributed by atoms with Crippen LogP contribution in [0.25, 0.3) is 0 Å². The monoisotopic (exact) mass is 304 g/mol. The third kappa shape index (κ3) is 4.33. The maximum absolute atomic E-state index is 12.9. The van der Waals surface area contributed by atoms with Crippen LogP contribution in [-0.2, 0) is 6.18 Å². The molecule has 0 heterocycles. The van der Waals surface area contributed by atoms with E-state index >= 15 is 0 Å². The molecule has 0 aliphatic heterocycles. The first-order valence-corrected chi connectivity index (χ1v) is 6.30. The number of carbonyl (C=O) groups excluding carboxylic acids is 1. The van der Waals surface area contributed by atoms with Crippen LogP contribution in [0.4, 0.5) is 18.9 Å². The fourth-order valence-corrected chi connectivity index (χ4v) is 1.65. The number of rotatable bonds is 5. The van der Waals surface area contributed by atoms with Crippen LogP contribution in [0.5, 0.6) is 0 Å². The first-order chi connectivity index (χ1) is 9.68. The van der Waals surface area contributed by atoms with Crippen molar-refractivity contribution in [3.63, 3.8) is 0 Å². The summed E-state index contributed by atoms with van der Waals surface area (Å²) in [6.45, 7) is 2.20. The summed E-state index contributed by atoms with van der Waals surface area (Å²) < 4.78 is 38.6. The van der Waals surface area contributed by atoms with Crippen LogP contribution < -0.4 is 16.6 Å². The third-order valence-corrected chi connectivity index (χ3v) is 3.20. The quantitative estimate of drug-likeness (QED) is 0.572. The van der Waals surface area contributed by atoms with E-state index in [1.54, 1.807) is 0 Å². The second-order valence-electron chi connectivity index (χ2n) is 4.89. The predicted molar refractivity (Wildman–Crippen MR) is 74.7 cm³/mol. The molecule has 1 atom stereocenters. The number of alkyl halides is 3. The van der Waals surface area contributed by atoms with Crippen molar-refractivity contribution < 1.29 is 18.0 Å². The van der Waals surface area contributed by atoms with Gasteiger partial charge in [-0.15, -0.1) is 0 Å². The van der Waals surface area contributed by atoms with Gasteiger partial charge in [0.25, 0.3) is 5.91 Å². The molecule has 0 saturated heterocycles. The molecule has 0 saturated carbocycles. The molecule has 5 nitrogen and oxygen atoms in total. The fourth-order valence-electron chi connectivity index (χ4n) is 1.65. The lowest BCUT2D eigenvalue weighted by Crippen LogP contribution is -2.38. The molecule has 1 aromatic rings. The van der Waals surface area contributed by atoms with Crippen molar-refractivity contribution in [3.8, 4) is 0 Å². The summed E-state index contributed by atoms with van der Waals surface area (Å²) in [7, 11) is 3.68. The van der Waals surface area contributed by atoms with Crippen molar-refractivity contribution >= 4 is 11.6 Å². The molecule has 1 unspecified atom stereocenters. The van der Waals surface area contributed by atoms with Crippen LogP contribution >= 0.6 is 0 Å². The van der Waals surface area contributed by atoms with E-state index in [2.05, 4.69) is 5.32 Å². The van der Waals surface area contributed by atoms with E-state index in [4.69, 9.17) is 5.84 Å². The average Bonchev–Trinajstić information content (AvgIpc) is 2.42. The molecule has 21 heavy (non-hydrogen) atoms. The molecule has 0 radical (unpaired) electrons. The van der Waals surface area contributed by atoms with Gasteiger partial charge in [0.05, 0.1) is 16.8 Å². The molecule has 0 aromatic heterocycles. The number of nitrogens with one attached hydrogen (secondary N) is 2. The van der Waals surface area contributed by atoms with Crippen molar-refractivity contribution in [1.29, 1.82) is 0 Å². The predicted octanol–water partition coefficient (Wildman–Crippen LogP) is 1.67. The van der Waals surface area contributed by atoms with Crippen molar-refractivity contribution in [3.05, 3.63) is 29.3 Å². The second kappa shape index (κ2) is 6.77. The number of likely N-dealkylation sites (N-methyl/N-ethyl adjacent to an activating group) is 1. The van der Waals surface area contributed by atoms with Gasteiger partial charge in [0.1, 0.15) is 0 Å². The van der Waals surface area contributed by atoms with E-state index in [1.165, 1.54) is 12.1 Å². The zero-order valence-corrected chi connectivity index (χ0v) is 12.1. The molecule has 118 valence electrons. The Balaban J connectivity index is 3.00. The van der Waals surface area contributed by atoms with Crippen LogP contribution in [0, 0.1) is 0 Å². The largest absolute Gasteiger partial charge is 0.418 e. The summed E-state index contributed by atoms with van der Waals surface area (Å²) >= 11 is 0. The minimum Gasteiger partial charge on any atom is -0.350 e. The van der Waals surface area contributed by atoms with Gasteiger partial charge in [-0.25, -0.2) is 0 Å². The Labute approximate surface area is 121 Å². The number of amides is 1. The van der Waals surface area contributed by atoms with Crippen LogP contribution in [0.1, 0.15) is 22.8 Å². The normalized spacial score (nSPS) is 13.1. The van der Waals surface area contributed by atoms with Crippen LogP contribution in [0.15, 0.2) is 18.2 Å². The number of carbonyl (C=O) groups is 1. The zero-order chi connectivity index (χ0) is 16.2. The van der Waals surface area contributed by atoms with Gasteiger partial charge in [0.15, 0.2) is 0 Å². The van der Waals surface area contributed by atoms with Gasteiger partial charge in [-0.1, -0.05) is 6.07 Å². The Morgan fingerprint density at radius 3 is 2.48 bits per heavy atom. The van der Waals surface area contributed by atoms with E-state index in [9.17, 15) is 18.0 Å². The molecule has 1 rings (SSSR count). The van der Waals surface area contributed by atoms with E-state index < -0.39 is 23.3 Å². The number of halogens is 3. The van der Waals surface area contributed by atoms with Gasteiger partial charge in [0, 0.05) is 12.6 Å². The third-order valence-electron chi connectivity index (χ3n) is 3.20. The molecular formula is C13H19F3N4O. The number of hydrogen-bond acceptors (Lipinski definition) is 4. The maximum Gasteiger partial charge on any atom is 0.418 e. The van der Waals surface area contributed by atoms with Crippen molar-refractivity contribution in [2.45, 2.75) is 19.1 Å². The molecule has 4 N–H and O–H groups in total. The fraction of sp³-hybridized carbons (Fsp3) is 0.462. The molecule has 1 aromatic carbocycles. The number of benzene rings is 1. The highest BCUT2D eigenvalue weighted by Gasteiger charge is 2.35. The Hall–Kier alpha value is -1.80. The summed E-state index contributed by atoms with van der Waals surface area (Å²) in [5.74, 6) is 4.54. The van der Waals surface area contributed by atoms with Gasteiger partial charge < -0.3 is 15.6 Å². The first-order valence-electron chi connectivity index (χ1n) is 6.30. The molecule has 0 aliphatic carbocycles. The van der Waals surface area contributed by atoms with Crippen LogP contribution in [-0.4, -0.2) is 37.5 Å². The second-order valence-corrected chi connectivity index (χ2v) is 4.89. The van der Waals surface area contributed by atoms with Crippen molar-refractivity contribution in [1.82, 2.24) is 10.2 Å². The van der Waals surface area contributed by atoms with Crippen molar-refractivity contribution in [2.24, 2.45) is 5.84 Å². The lowest BCUT2D eigenvalue weighted by molar-refractivity contribution is -0.137. The van der Waals surface area contributed by atoms with Gasteiger partial charge in [-0.3, -0.25) is 10.6 Å². The number of nitrogens with two attached hydrogens (primary N) is 1. The molecule has 0 bridgehead atoms. The Bertz CT molecular complexity index is 503. The minimum absolute atomic E-state index is 0.0500. The van der Waals surface area contributed by atoms with E-state index in [0.29, 0.717) is 6.54 Å². The highest BCUT2D eigenvalue weighted by Crippen LogP contribution is 2.36. The standard InChI is InChI=1S/C13H19F3N4O/c1-8(20(2)3)7-18-12(21)9-5-4-6-10(11(9)19-17)13(14,15)16/h4-6,8,19H,7,17H2,1-3H3,(H,18,21). The summed E-state index contributed by atoms with van der Waals surface area (Å²) in [5.41, 5.74) is 0.426. The van der Waals surface area contributed by atoms with E-state index in [0.717, 1.165) is 6.07 Å². The summed E-state index contributed by atoms with van der Waals surface area (Å²) in [5, 5.41) is 2.59. The Morgan fingerprint density at radius 1 is 1.38 bits per heavy atom. The number of nitrogens with zero attached hydrogens (tertiary/aromatic N) is 1. The number of anilines is 1. The molecule has 8 heteroatoms. The van der Waals surface area contributed by atoms with E-state index in [-0.39, 0.29) is 11.6 Å². The van der Waals surface area contributed by atoms with Gasteiger partial charge in [0.2, 0.25) is 0 Å². The number of para-hydroxylation sites is 1. The smallest absolute Gasteiger partial charge is 0.350 e. The van der Waals surface area contributed by atoms with Gasteiger partial charge in [-0.05, 0) is 33.2 Å². The number of nitrogen functional groups attached to an aromatic ring is 1. The summed E-state index contributed by atoms with van der Waals surface area (Å²) in [6, 6.07) is 3.39. The molecule has 1 amide bonds. The zero-order valence-electron chi connectivity index (χ0n) is 12.1.